The van der Waals surface area contributed by atoms with Gasteiger partial charge in [0.2, 0.25) is 0 Å². The minimum Gasteiger partial charge on any atom is -0.382 e. The lowest BCUT2D eigenvalue weighted by molar-refractivity contribution is 0.0182. The Hall–Kier alpha value is -0.160. The fraction of sp³-hybridized carbons (Fsp3) is 1.00. The van der Waals surface area contributed by atoms with E-state index in [4.69, 9.17) is 14.2 Å². The third-order valence-electron chi connectivity index (χ3n) is 4.48. The molecule has 2 aliphatic rings. The molecule has 4 heteroatoms. The Morgan fingerprint density at radius 1 is 1.26 bits per heavy atom. The van der Waals surface area contributed by atoms with Crippen LogP contribution in [0.15, 0.2) is 0 Å². The molecule has 0 bridgehead atoms. The van der Waals surface area contributed by atoms with Crippen LogP contribution in [-0.4, -0.2) is 53.2 Å². The predicted octanol–water partition coefficient (Wildman–Crippen LogP) is 1.83. The topological polar surface area (TPSA) is 39.7 Å². The number of hydrogen-bond donors (Lipinski definition) is 1. The van der Waals surface area contributed by atoms with E-state index in [1.807, 2.05) is 0 Å². The van der Waals surface area contributed by atoms with Gasteiger partial charge >= 0.3 is 0 Å². The molecule has 2 atom stereocenters. The van der Waals surface area contributed by atoms with Crippen molar-refractivity contribution in [3.8, 4) is 0 Å². The molecule has 19 heavy (non-hydrogen) atoms. The number of nitrogens with one attached hydrogen (secondary N) is 1. The molecule has 1 saturated carbocycles. The lowest BCUT2D eigenvalue weighted by atomic mass is 9.75. The predicted molar refractivity (Wildman–Crippen MR) is 75.4 cm³/mol. The molecule has 0 aromatic carbocycles. The molecule has 1 aliphatic carbocycles. The minimum absolute atomic E-state index is 0.348. The van der Waals surface area contributed by atoms with E-state index in [2.05, 4.69) is 12.4 Å². The maximum absolute atomic E-state index is 6.04. The molecule has 0 amide bonds. The highest BCUT2D eigenvalue weighted by atomic mass is 16.5. The summed E-state index contributed by atoms with van der Waals surface area (Å²) >= 11 is 0. The zero-order valence-electron chi connectivity index (χ0n) is 12.5. The van der Waals surface area contributed by atoms with E-state index in [1.165, 1.54) is 25.7 Å². The van der Waals surface area contributed by atoms with Gasteiger partial charge in [-0.05, 0) is 45.1 Å². The maximum atomic E-state index is 6.04. The van der Waals surface area contributed by atoms with Gasteiger partial charge in [-0.25, -0.2) is 0 Å². The van der Waals surface area contributed by atoms with Crippen LogP contribution >= 0.6 is 0 Å². The second-order valence-corrected chi connectivity index (χ2v) is 5.98. The summed E-state index contributed by atoms with van der Waals surface area (Å²) in [7, 11) is 3.76. The van der Waals surface area contributed by atoms with Crippen LogP contribution in [0.4, 0.5) is 0 Å². The standard InChI is InChI=1S/C15H29NO3/c1-16-12-15(6-3-8-18-11-10-17-2)7-9-19-14(15)13-4-5-13/h13-14,16H,3-12H2,1-2H3. The minimum atomic E-state index is 0.348. The van der Waals surface area contributed by atoms with Crippen molar-refractivity contribution >= 4 is 0 Å². The molecule has 112 valence electrons. The molecule has 2 unspecified atom stereocenters. The van der Waals surface area contributed by atoms with Gasteiger partial charge in [-0.2, -0.15) is 0 Å². The fourth-order valence-corrected chi connectivity index (χ4v) is 3.41. The summed E-state index contributed by atoms with van der Waals surface area (Å²) < 4.78 is 16.6. The first-order chi connectivity index (χ1) is 9.32. The molecule has 1 aliphatic heterocycles. The number of methoxy groups -OCH3 is 1. The molecule has 1 N–H and O–H groups in total. The highest BCUT2D eigenvalue weighted by Gasteiger charge is 2.49. The second-order valence-electron chi connectivity index (χ2n) is 5.98. The van der Waals surface area contributed by atoms with Crippen molar-refractivity contribution in [3.63, 3.8) is 0 Å². The largest absolute Gasteiger partial charge is 0.382 e. The van der Waals surface area contributed by atoms with Crippen molar-refractivity contribution in [2.24, 2.45) is 11.3 Å². The molecule has 0 aromatic heterocycles. The summed E-state index contributed by atoms with van der Waals surface area (Å²) in [5, 5.41) is 3.38. The molecule has 4 nitrogen and oxygen atoms in total. The summed E-state index contributed by atoms with van der Waals surface area (Å²) in [6.07, 6.45) is 6.74. The molecule has 1 heterocycles. The summed E-state index contributed by atoms with van der Waals surface area (Å²) in [5.74, 6) is 0.824. The van der Waals surface area contributed by atoms with Crippen LogP contribution < -0.4 is 5.32 Å². The third-order valence-corrected chi connectivity index (χ3v) is 4.48. The molecule has 0 spiro atoms. The summed E-state index contributed by atoms with van der Waals surface area (Å²) in [6.45, 7) is 4.25. The van der Waals surface area contributed by atoms with E-state index in [0.717, 1.165) is 32.1 Å². The molecule has 2 rings (SSSR count). The van der Waals surface area contributed by atoms with Gasteiger partial charge in [0.15, 0.2) is 0 Å². The van der Waals surface area contributed by atoms with Gasteiger partial charge < -0.3 is 19.5 Å². The maximum Gasteiger partial charge on any atom is 0.0700 e. The summed E-state index contributed by atoms with van der Waals surface area (Å²) in [6, 6.07) is 0. The van der Waals surface area contributed by atoms with Gasteiger partial charge in [0.25, 0.3) is 0 Å². The molecular formula is C15H29NO3. The van der Waals surface area contributed by atoms with Gasteiger partial charge in [-0.15, -0.1) is 0 Å². The normalized spacial score (nSPS) is 30.9. The van der Waals surface area contributed by atoms with Gasteiger partial charge in [-0.3, -0.25) is 0 Å². The van der Waals surface area contributed by atoms with Gasteiger partial charge in [0.05, 0.1) is 19.3 Å². The monoisotopic (exact) mass is 271 g/mol. The lowest BCUT2D eigenvalue weighted by Crippen LogP contribution is -2.41. The second kappa shape index (κ2) is 7.58. The van der Waals surface area contributed by atoms with Gasteiger partial charge in [0, 0.05) is 32.3 Å². The Morgan fingerprint density at radius 2 is 2.11 bits per heavy atom. The zero-order chi connectivity index (χ0) is 13.6. The summed E-state index contributed by atoms with van der Waals surface area (Å²) in [5.41, 5.74) is 0.348. The van der Waals surface area contributed by atoms with E-state index in [-0.39, 0.29) is 0 Å². The Kier molecular flexibility index (Phi) is 6.07. The Morgan fingerprint density at radius 3 is 2.79 bits per heavy atom. The highest BCUT2D eigenvalue weighted by Crippen LogP contribution is 2.49. The summed E-state index contributed by atoms with van der Waals surface area (Å²) in [4.78, 5) is 0. The first kappa shape index (κ1) is 15.2. The van der Waals surface area contributed by atoms with Crippen LogP contribution in [0.1, 0.15) is 32.1 Å². The SMILES string of the molecule is CNCC1(CCCOCCOC)CCOC1C1CC1. The van der Waals surface area contributed by atoms with E-state index in [1.54, 1.807) is 7.11 Å². The quantitative estimate of drug-likeness (QED) is 0.615. The van der Waals surface area contributed by atoms with Crippen LogP contribution in [0.2, 0.25) is 0 Å². The van der Waals surface area contributed by atoms with Gasteiger partial charge in [0.1, 0.15) is 0 Å². The van der Waals surface area contributed by atoms with E-state index in [9.17, 15) is 0 Å². The Labute approximate surface area is 117 Å². The van der Waals surface area contributed by atoms with Crippen LogP contribution in [0.3, 0.4) is 0 Å². The average Bonchev–Trinajstić information content (AvgIpc) is 3.17. The van der Waals surface area contributed by atoms with Crippen molar-refractivity contribution < 1.29 is 14.2 Å². The first-order valence-corrected chi connectivity index (χ1v) is 7.65. The van der Waals surface area contributed by atoms with Crippen LogP contribution in [-0.2, 0) is 14.2 Å². The number of rotatable bonds is 10. The first-order valence-electron chi connectivity index (χ1n) is 7.65. The van der Waals surface area contributed by atoms with Crippen molar-refractivity contribution in [1.29, 1.82) is 0 Å². The van der Waals surface area contributed by atoms with E-state index < -0.39 is 0 Å². The lowest BCUT2D eigenvalue weighted by Gasteiger charge is -2.34. The van der Waals surface area contributed by atoms with Gasteiger partial charge in [-0.1, -0.05) is 0 Å². The van der Waals surface area contributed by atoms with E-state index >= 15 is 0 Å². The smallest absolute Gasteiger partial charge is 0.0700 e. The molecule has 0 aromatic rings. The Bertz CT molecular complexity index is 258. The van der Waals surface area contributed by atoms with Crippen molar-refractivity contribution in [1.82, 2.24) is 5.32 Å². The number of ether oxygens (including phenoxy) is 3. The fourth-order valence-electron chi connectivity index (χ4n) is 3.41. The van der Waals surface area contributed by atoms with Crippen molar-refractivity contribution in [2.45, 2.75) is 38.2 Å². The highest BCUT2D eigenvalue weighted by molar-refractivity contribution is 5.00. The molecule has 1 saturated heterocycles. The van der Waals surface area contributed by atoms with Crippen LogP contribution in [0.5, 0.6) is 0 Å². The average molecular weight is 271 g/mol. The van der Waals surface area contributed by atoms with Crippen molar-refractivity contribution in [3.05, 3.63) is 0 Å². The molecule has 2 fully saturated rings. The van der Waals surface area contributed by atoms with Crippen LogP contribution in [0.25, 0.3) is 0 Å². The third kappa shape index (κ3) is 4.15. The molecule has 0 radical (unpaired) electrons. The Balaban J connectivity index is 1.75. The van der Waals surface area contributed by atoms with Crippen LogP contribution in [0, 0.1) is 11.3 Å². The zero-order valence-corrected chi connectivity index (χ0v) is 12.5. The van der Waals surface area contributed by atoms with E-state index in [0.29, 0.717) is 24.7 Å². The molecular weight excluding hydrogens is 242 g/mol. The van der Waals surface area contributed by atoms with Crippen molar-refractivity contribution in [2.75, 3.05) is 47.1 Å². The number of hydrogen-bond acceptors (Lipinski definition) is 4.